The molecule has 0 saturated carbocycles. The first-order chi connectivity index (χ1) is 13.0. The topological polar surface area (TPSA) is 71.3 Å². The van der Waals surface area contributed by atoms with Crippen molar-refractivity contribution in [1.82, 2.24) is 5.32 Å². The molecule has 11 heteroatoms. The lowest BCUT2D eigenvalue weighted by molar-refractivity contribution is -0.304. The second-order valence-electron chi connectivity index (χ2n) is 5.41. The van der Waals surface area contributed by atoms with Crippen LogP contribution in [0.15, 0.2) is 29.8 Å². The second kappa shape index (κ2) is 9.98. The molecule has 0 fully saturated rings. The Kier molecular flexibility index (Phi) is 8.31. The van der Waals surface area contributed by atoms with Gasteiger partial charge in [0.05, 0.1) is 0 Å². The van der Waals surface area contributed by atoms with Gasteiger partial charge < -0.3 is 14.8 Å². The highest BCUT2D eigenvalue weighted by molar-refractivity contribution is 6.01. The first-order valence-corrected chi connectivity index (χ1v) is 7.78. The second-order valence-corrected chi connectivity index (χ2v) is 5.41. The molecule has 0 aliphatic rings. The summed E-state index contributed by atoms with van der Waals surface area (Å²) in [5.74, 6) is -1.40. The Morgan fingerprint density at radius 3 is 2.36 bits per heavy atom. The molecular weight excluding hydrogens is 394 g/mol. The number of methoxy groups -OCH3 is 1. The standard InChI is InChI=1S/C17H16F6N2O3/c1-27-8-2-7-25-14(26)12(10-24)9-11-3-5-13(6-4-11)28-17(22,23)15(18)16(19,20)21/h3-6,9,15H,2,7-8H2,1H3,(H,25,26)/b12-9-. The zero-order chi connectivity index (χ0) is 21.4. The number of nitriles is 1. The number of nitrogens with one attached hydrogen (secondary N) is 1. The molecule has 1 atom stereocenters. The monoisotopic (exact) mass is 410 g/mol. The Bertz CT molecular complexity index is 726. The highest BCUT2D eigenvalue weighted by Gasteiger charge is 2.59. The number of carbonyl (C=O) groups excluding carboxylic acids is 1. The molecule has 28 heavy (non-hydrogen) atoms. The van der Waals surface area contributed by atoms with Crippen molar-refractivity contribution >= 4 is 12.0 Å². The fraction of sp³-hybridized carbons (Fsp3) is 0.412. The van der Waals surface area contributed by atoms with Gasteiger partial charge in [-0.05, 0) is 30.2 Å². The predicted molar refractivity (Wildman–Crippen MR) is 86.1 cm³/mol. The van der Waals surface area contributed by atoms with Gasteiger partial charge in [-0.1, -0.05) is 12.1 Å². The zero-order valence-corrected chi connectivity index (χ0v) is 14.5. The van der Waals surface area contributed by atoms with Gasteiger partial charge in [0.15, 0.2) is 0 Å². The van der Waals surface area contributed by atoms with Crippen LogP contribution in [0.2, 0.25) is 0 Å². The summed E-state index contributed by atoms with van der Waals surface area (Å²) in [6, 6.07) is 5.60. The molecular formula is C17H16F6N2O3. The number of carbonyl (C=O) groups is 1. The van der Waals surface area contributed by atoms with E-state index in [0.717, 1.165) is 30.3 Å². The molecule has 1 unspecified atom stereocenters. The Balaban J connectivity index is 2.81. The van der Waals surface area contributed by atoms with Crippen LogP contribution in [0.5, 0.6) is 5.75 Å². The summed E-state index contributed by atoms with van der Waals surface area (Å²) in [7, 11) is 1.49. The molecule has 1 rings (SSSR count). The summed E-state index contributed by atoms with van der Waals surface area (Å²) < 4.78 is 84.1. The van der Waals surface area contributed by atoms with Gasteiger partial charge in [-0.15, -0.1) is 0 Å². The maximum Gasteiger partial charge on any atom is 0.439 e. The van der Waals surface area contributed by atoms with Gasteiger partial charge in [0.2, 0.25) is 0 Å². The van der Waals surface area contributed by atoms with Crippen molar-refractivity contribution in [2.75, 3.05) is 20.3 Å². The summed E-state index contributed by atoms with van der Waals surface area (Å²) >= 11 is 0. The SMILES string of the molecule is COCCCNC(=O)/C(C#N)=C\c1ccc(OC(F)(F)C(F)C(F)(F)F)cc1. The summed E-state index contributed by atoms with van der Waals surface area (Å²) in [4.78, 5) is 11.9. The number of alkyl halides is 6. The molecule has 0 heterocycles. The molecule has 154 valence electrons. The number of amides is 1. The molecule has 1 N–H and O–H groups in total. The van der Waals surface area contributed by atoms with Crippen LogP contribution in [-0.2, 0) is 9.53 Å². The van der Waals surface area contributed by atoms with Crippen LogP contribution in [0.1, 0.15) is 12.0 Å². The molecule has 0 aromatic heterocycles. The summed E-state index contributed by atoms with van der Waals surface area (Å²) in [5, 5.41) is 11.5. The fourth-order valence-corrected chi connectivity index (χ4v) is 1.86. The maximum atomic E-state index is 13.2. The smallest absolute Gasteiger partial charge is 0.430 e. The van der Waals surface area contributed by atoms with Crippen molar-refractivity contribution in [1.29, 1.82) is 5.26 Å². The number of ether oxygens (including phenoxy) is 2. The number of benzene rings is 1. The van der Waals surface area contributed by atoms with E-state index in [0.29, 0.717) is 13.0 Å². The van der Waals surface area contributed by atoms with Gasteiger partial charge in [-0.25, -0.2) is 4.39 Å². The van der Waals surface area contributed by atoms with E-state index in [4.69, 9.17) is 10.00 Å². The number of rotatable bonds is 9. The molecule has 5 nitrogen and oxygen atoms in total. The third-order valence-electron chi connectivity index (χ3n) is 3.20. The molecule has 0 aliphatic heterocycles. The largest absolute Gasteiger partial charge is 0.439 e. The maximum absolute atomic E-state index is 13.2. The molecule has 1 amide bonds. The Morgan fingerprint density at radius 2 is 1.86 bits per heavy atom. The Morgan fingerprint density at radius 1 is 1.25 bits per heavy atom. The molecule has 1 aromatic carbocycles. The van der Waals surface area contributed by atoms with Crippen LogP contribution in [0, 0.1) is 11.3 Å². The van der Waals surface area contributed by atoms with Crippen LogP contribution in [-0.4, -0.2) is 44.6 Å². The minimum absolute atomic E-state index is 0.215. The molecule has 0 saturated heterocycles. The van der Waals surface area contributed by atoms with Gasteiger partial charge in [-0.2, -0.15) is 27.2 Å². The predicted octanol–water partition coefficient (Wildman–Crippen LogP) is 3.62. The third kappa shape index (κ3) is 7.11. The van der Waals surface area contributed by atoms with E-state index < -0.39 is 30.1 Å². The summed E-state index contributed by atoms with van der Waals surface area (Å²) in [6.45, 7) is 0.670. The molecule has 0 radical (unpaired) electrons. The van der Waals surface area contributed by atoms with Crippen molar-refractivity contribution in [3.05, 3.63) is 35.4 Å². The van der Waals surface area contributed by atoms with Gasteiger partial charge >= 0.3 is 12.3 Å². The zero-order valence-electron chi connectivity index (χ0n) is 14.5. The first-order valence-electron chi connectivity index (χ1n) is 7.78. The lowest BCUT2D eigenvalue weighted by Crippen LogP contribution is -2.45. The quantitative estimate of drug-likeness (QED) is 0.292. The summed E-state index contributed by atoms with van der Waals surface area (Å²) in [5.41, 5.74) is -0.0656. The minimum atomic E-state index is -5.79. The molecule has 0 bridgehead atoms. The number of hydrogen-bond donors (Lipinski definition) is 1. The van der Waals surface area contributed by atoms with Crippen LogP contribution in [0.4, 0.5) is 26.3 Å². The van der Waals surface area contributed by atoms with Crippen molar-refractivity contribution in [2.24, 2.45) is 0 Å². The molecule has 0 aliphatic carbocycles. The Labute approximate surface area is 156 Å². The van der Waals surface area contributed by atoms with Crippen LogP contribution >= 0.6 is 0 Å². The van der Waals surface area contributed by atoms with Crippen molar-refractivity contribution in [3.63, 3.8) is 0 Å². The average Bonchev–Trinajstić information content (AvgIpc) is 2.62. The lowest BCUT2D eigenvalue weighted by atomic mass is 10.1. The minimum Gasteiger partial charge on any atom is -0.430 e. The van der Waals surface area contributed by atoms with Gasteiger partial charge in [-0.3, -0.25) is 4.79 Å². The van der Waals surface area contributed by atoms with E-state index in [-0.39, 0.29) is 17.7 Å². The highest BCUT2D eigenvalue weighted by atomic mass is 19.4. The number of hydrogen-bond acceptors (Lipinski definition) is 4. The number of halogens is 6. The van der Waals surface area contributed by atoms with E-state index in [2.05, 4.69) is 10.1 Å². The molecule has 0 spiro atoms. The van der Waals surface area contributed by atoms with E-state index in [1.807, 2.05) is 0 Å². The Hall–Kier alpha value is -2.74. The van der Waals surface area contributed by atoms with Crippen molar-refractivity contribution < 1.29 is 40.6 Å². The average molecular weight is 410 g/mol. The lowest BCUT2D eigenvalue weighted by Gasteiger charge is -2.23. The van der Waals surface area contributed by atoms with Crippen LogP contribution < -0.4 is 10.1 Å². The summed E-state index contributed by atoms with van der Waals surface area (Å²) in [6.07, 6.45) is -13.7. The first kappa shape index (κ1) is 23.3. The van der Waals surface area contributed by atoms with Crippen molar-refractivity contribution in [2.45, 2.75) is 24.9 Å². The van der Waals surface area contributed by atoms with Crippen LogP contribution in [0.25, 0.3) is 6.08 Å². The fourth-order valence-electron chi connectivity index (χ4n) is 1.86. The van der Waals surface area contributed by atoms with E-state index in [9.17, 15) is 31.1 Å². The normalized spacial score (nSPS) is 13.6. The number of nitrogens with zero attached hydrogens (tertiary/aromatic N) is 1. The van der Waals surface area contributed by atoms with Gasteiger partial charge in [0, 0.05) is 20.3 Å². The highest BCUT2D eigenvalue weighted by Crippen LogP contribution is 2.36. The van der Waals surface area contributed by atoms with E-state index in [1.54, 1.807) is 6.07 Å². The van der Waals surface area contributed by atoms with Gasteiger partial charge in [0.1, 0.15) is 17.4 Å². The third-order valence-corrected chi connectivity index (χ3v) is 3.20. The van der Waals surface area contributed by atoms with Crippen molar-refractivity contribution in [3.8, 4) is 11.8 Å². The molecule has 1 aromatic rings. The van der Waals surface area contributed by atoms with E-state index in [1.165, 1.54) is 7.11 Å². The van der Waals surface area contributed by atoms with Crippen LogP contribution in [0.3, 0.4) is 0 Å². The van der Waals surface area contributed by atoms with E-state index >= 15 is 0 Å². The van der Waals surface area contributed by atoms with Gasteiger partial charge in [0.25, 0.3) is 12.1 Å².